The van der Waals surface area contributed by atoms with Crippen LogP contribution < -0.4 is 18.9 Å². The zero-order valence-electron chi connectivity index (χ0n) is 8.17. The molecule has 0 radical (unpaired) electrons. The van der Waals surface area contributed by atoms with Gasteiger partial charge in [0.15, 0.2) is 0 Å². The van der Waals surface area contributed by atoms with Crippen molar-refractivity contribution < 1.29 is 18.9 Å². The fourth-order valence-corrected chi connectivity index (χ4v) is 0.973. The van der Waals surface area contributed by atoms with Crippen LogP contribution >= 0.6 is 0 Å². The molecule has 0 saturated heterocycles. The van der Waals surface area contributed by atoms with Crippen molar-refractivity contribution in [3.63, 3.8) is 0 Å². The van der Waals surface area contributed by atoms with Gasteiger partial charge < -0.3 is 5.32 Å². The van der Waals surface area contributed by atoms with E-state index in [2.05, 4.69) is 31.3 Å². The van der Waals surface area contributed by atoms with Crippen molar-refractivity contribution in [3.8, 4) is 0 Å². The van der Waals surface area contributed by atoms with E-state index in [0.29, 0.717) is 0 Å². The van der Waals surface area contributed by atoms with Crippen molar-refractivity contribution in [2.75, 3.05) is 6.54 Å². The van der Waals surface area contributed by atoms with Gasteiger partial charge in [0.05, 0.1) is 0 Å². The van der Waals surface area contributed by atoms with Gasteiger partial charge in [-0.05, 0) is 6.92 Å². The van der Waals surface area contributed by atoms with Gasteiger partial charge in [-0.1, -0.05) is 43.2 Å². The van der Waals surface area contributed by atoms with Gasteiger partial charge in [-0.2, -0.15) is 0 Å². The summed E-state index contributed by atoms with van der Waals surface area (Å²) in [6.07, 6.45) is 1.12. The molecule has 0 unspecified atom stereocenters. The molecule has 2 heteroatoms. The zero-order chi connectivity index (χ0) is 8.10. The van der Waals surface area contributed by atoms with Crippen LogP contribution in [0.2, 0.25) is 0 Å². The molecule has 0 aromatic heterocycles. The minimum atomic E-state index is 0. The first-order valence-corrected chi connectivity index (χ1v) is 4.07. The molecule has 0 aliphatic rings. The van der Waals surface area contributed by atoms with Crippen LogP contribution in [-0.4, -0.2) is 6.54 Å². The van der Waals surface area contributed by atoms with Crippen LogP contribution in [0.1, 0.15) is 18.9 Å². The van der Waals surface area contributed by atoms with Gasteiger partial charge >= 0.3 is 18.9 Å². The Kier molecular flexibility index (Phi) is 5.97. The Bertz CT molecular complexity index is 223. The maximum Gasteiger partial charge on any atom is 1.00 e. The van der Waals surface area contributed by atoms with Gasteiger partial charge in [0.1, 0.15) is 0 Å². The molecule has 12 heavy (non-hydrogen) atoms. The van der Waals surface area contributed by atoms with Crippen molar-refractivity contribution in [1.82, 2.24) is 0 Å². The largest absolute Gasteiger partial charge is 1.00 e. The fourth-order valence-electron chi connectivity index (χ4n) is 0.973. The molecule has 0 N–H and O–H groups in total. The van der Waals surface area contributed by atoms with E-state index in [4.69, 9.17) is 0 Å². The van der Waals surface area contributed by atoms with Gasteiger partial charge in [0.25, 0.3) is 0 Å². The van der Waals surface area contributed by atoms with Crippen molar-refractivity contribution in [1.29, 1.82) is 0 Å². The third kappa shape index (κ3) is 3.34. The summed E-state index contributed by atoms with van der Waals surface area (Å²) in [4.78, 5) is 0. The van der Waals surface area contributed by atoms with Gasteiger partial charge in [0.2, 0.25) is 0 Å². The van der Waals surface area contributed by atoms with Gasteiger partial charge in [-0.3, -0.25) is 0 Å². The van der Waals surface area contributed by atoms with Gasteiger partial charge in [0, 0.05) is 0 Å². The molecule has 0 aliphatic heterocycles. The fraction of sp³-hybridized carbons (Fsp3) is 0.400. The van der Waals surface area contributed by atoms with Crippen LogP contribution in [0.4, 0.5) is 5.69 Å². The Hall–Kier alpha value is -0.383. The minimum Gasteiger partial charge on any atom is -0.684 e. The molecular formula is C10H14LiN. The summed E-state index contributed by atoms with van der Waals surface area (Å²) in [5, 5.41) is 4.42. The Labute approximate surface area is 86.7 Å². The molecule has 0 bridgehead atoms. The second kappa shape index (κ2) is 6.17. The summed E-state index contributed by atoms with van der Waals surface area (Å²) in [5.41, 5.74) is 2.40. The normalized spacial score (nSPS) is 8.83. The first-order chi connectivity index (χ1) is 5.34. The average Bonchev–Trinajstić information content (AvgIpc) is 2.03. The number of hydrogen-bond acceptors (Lipinski definition) is 0. The summed E-state index contributed by atoms with van der Waals surface area (Å²) in [7, 11) is 0. The zero-order valence-corrected chi connectivity index (χ0v) is 8.17. The standard InChI is InChI=1S/C10H14N.Li/c1-3-8-11-10-7-5-4-6-9(10)2;/h4-7H,3,8H2,1-2H3;/q-1;+1. The first kappa shape index (κ1) is 11.6. The number of nitrogens with zero attached hydrogens (tertiary/aromatic N) is 1. The van der Waals surface area contributed by atoms with Crippen molar-refractivity contribution in [3.05, 3.63) is 35.1 Å². The van der Waals surface area contributed by atoms with Crippen LogP contribution in [0.25, 0.3) is 5.32 Å². The summed E-state index contributed by atoms with van der Waals surface area (Å²) in [6, 6.07) is 8.22. The summed E-state index contributed by atoms with van der Waals surface area (Å²) < 4.78 is 0. The maximum atomic E-state index is 4.42. The van der Waals surface area contributed by atoms with E-state index in [1.54, 1.807) is 0 Å². The smallest absolute Gasteiger partial charge is 0.684 e. The predicted molar refractivity (Wildman–Crippen MR) is 49.4 cm³/mol. The molecule has 1 aromatic rings. The number of benzene rings is 1. The second-order valence-corrected chi connectivity index (χ2v) is 2.67. The Balaban J connectivity index is 0.00000121. The molecule has 1 nitrogen and oxygen atoms in total. The number of aryl methyl sites for hydroxylation is 1. The van der Waals surface area contributed by atoms with Crippen LogP contribution in [0, 0.1) is 6.92 Å². The third-order valence-corrected chi connectivity index (χ3v) is 1.62. The SMILES string of the molecule is CCC[N-]c1ccccc1C.[Li+]. The first-order valence-electron chi connectivity index (χ1n) is 4.07. The Morgan fingerprint density at radius 2 is 1.92 bits per heavy atom. The van der Waals surface area contributed by atoms with Gasteiger partial charge in [-0.15, -0.1) is 12.2 Å². The molecule has 0 amide bonds. The van der Waals surface area contributed by atoms with Crippen LogP contribution in [0.5, 0.6) is 0 Å². The van der Waals surface area contributed by atoms with Crippen LogP contribution in [0.3, 0.4) is 0 Å². The molecule has 1 aromatic carbocycles. The average molecular weight is 155 g/mol. The molecule has 0 atom stereocenters. The predicted octanol–water partition coefficient (Wildman–Crippen LogP) is 0.414. The van der Waals surface area contributed by atoms with E-state index < -0.39 is 0 Å². The topological polar surface area (TPSA) is 14.1 Å². The quantitative estimate of drug-likeness (QED) is 0.561. The van der Waals surface area contributed by atoms with E-state index in [0.717, 1.165) is 18.7 Å². The Morgan fingerprint density at radius 3 is 2.50 bits per heavy atom. The molecule has 0 fully saturated rings. The molecule has 0 saturated carbocycles. The van der Waals surface area contributed by atoms with E-state index in [1.165, 1.54) is 5.56 Å². The molecule has 60 valence electrons. The number of rotatable bonds is 3. The minimum absolute atomic E-state index is 0. The van der Waals surface area contributed by atoms with Crippen LogP contribution in [-0.2, 0) is 0 Å². The van der Waals surface area contributed by atoms with Crippen molar-refractivity contribution >= 4 is 5.69 Å². The second-order valence-electron chi connectivity index (χ2n) is 2.67. The van der Waals surface area contributed by atoms with E-state index in [1.807, 2.05) is 12.1 Å². The van der Waals surface area contributed by atoms with Crippen molar-refractivity contribution in [2.24, 2.45) is 0 Å². The van der Waals surface area contributed by atoms with Crippen LogP contribution in [0.15, 0.2) is 24.3 Å². The molecule has 0 spiro atoms. The summed E-state index contributed by atoms with van der Waals surface area (Å²) >= 11 is 0. The molecule has 1 rings (SSSR count). The summed E-state index contributed by atoms with van der Waals surface area (Å²) in [5.74, 6) is 0. The van der Waals surface area contributed by atoms with E-state index in [9.17, 15) is 0 Å². The van der Waals surface area contributed by atoms with E-state index in [-0.39, 0.29) is 18.9 Å². The van der Waals surface area contributed by atoms with E-state index >= 15 is 0 Å². The maximum absolute atomic E-state index is 4.42. The number of para-hydroxylation sites is 1. The molecule has 0 aliphatic carbocycles. The Morgan fingerprint density at radius 1 is 1.25 bits per heavy atom. The third-order valence-electron chi connectivity index (χ3n) is 1.62. The van der Waals surface area contributed by atoms with Crippen molar-refractivity contribution in [2.45, 2.75) is 20.3 Å². The number of hydrogen-bond donors (Lipinski definition) is 0. The molecular weight excluding hydrogens is 141 g/mol. The monoisotopic (exact) mass is 155 g/mol. The van der Waals surface area contributed by atoms with Gasteiger partial charge in [-0.25, -0.2) is 0 Å². The summed E-state index contributed by atoms with van der Waals surface area (Å²) in [6.45, 7) is 5.17. The molecule has 0 heterocycles.